The predicted octanol–water partition coefficient (Wildman–Crippen LogP) is 2.27. The van der Waals surface area contributed by atoms with Crippen LogP contribution in [0, 0.1) is 5.92 Å². The fraction of sp³-hybridized carbons (Fsp3) is 0.667. The quantitative estimate of drug-likeness (QED) is 0.545. The second-order valence-electron chi connectivity index (χ2n) is 2.01. The van der Waals surface area contributed by atoms with E-state index in [9.17, 15) is 0 Å². The van der Waals surface area contributed by atoms with Gasteiger partial charge < -0.3 is 11.3 Å². The third-order valence-electron chi connectivity index (χ3n) is 0.713. The van der Waals surface area contributed by atoms with Gasteiger partial charge in [0.2, 0.25) is 0 Å². The molecule has 2 heteroatoms. The van der Waals surface area contributed by atoms with Gasteiger partial charge in [0.15, 0.2) is 0 Å². The Morgan fingerprint density at radius 2 is 2.00 bits per heavy atom. The molecule has 0 fully saturated rings. The Labute approximate surface area is 50.8 Å². The zero-order valence-corrected chi connectivity index (χ0v) is 5.59. The minimum Gasteiger partial charge on any atom is -0.516 e. The molecule has 0 radical (unpaired) electrons. The number of allylic oxidation sites excluding steroid dienone is 1. The molecule has 0 aromatic carbocycles. The molecule has 0 rings (SSSR count). The summed E-state index contributed by atoms with van der Waals surface area (Å²) >= 11 is 0. The van der Waals surface area contributed by atoms with Gasteiger partial charge in [-0.15, -0.1) is 0 Å². The van der Waals surface area contributed by atoms with Gasteiger partial charge in [0.05, 0.1) is 6.26 Å². The lowest BCUT2D eigenvalue weighted by atomic mass is 10.1. The lowest BCUT2D eigenvalue weighted by Crippen LogP contribution is -1.80. The minimum absolute atomic E-state index is 0. The summed E-state index contributed by atoms with van der Waals surface area (Å²) in [5.74, 6) is 0.656. The minimum atomic E-state index is 0. The lowest BCUT2D eigenvalue weighted by Gasteiger charge is -1.93. The van der Waals surface area contributed by atoms with Crippen LogP contribution in [0.3, 0.4) is 0 Å². The third-order valence-corrected chi connectivity index (χ3v) is 0.713. The first kappa shape index (κ1) is 10.5. The van der Waals surface area contributed by atoms with Crippen LogP contribution in [0.15, 0.2) is 12.3 Å². The summed E-state index contributed by atoms with van der Waals surface area (Å²) in [6.45, 7) is 4.22. The number of aliphatic hydroxyl groups is 1. The molecule has 0 aromatic rings. The maximum absolute atomic E-state index is 8.13. The first-order valence-corrected chi connectivity index (χ1v) is 2.56. The Kier molecular flexibility index (Phi) is 8.51. The first-order chi connectivity index (χ1) is 3.27. The normalized spacial score (nSPS) is 9.88. The summed E-state index contributed by atoms with van der Waals surface area (Å²) in [7, 11) is 0. The van der Waals surface area contributed by atoms with Crippen LogP contribution in [-0.2, 0) is 0 Å². The van der Waals surface area contributed by atoms with Gasteiger partial charge in [0.1, 0.15) is 0 Å². The average Bonchev–Trinajstić information content (AvgIpc) is 1.61. The van der Waals surface area contributed by atoms with E-state index >= 15 is 0 Å². The highest BCUT2D eigenvalue weighted by molar-refractivity contribution is 4.72. The molecule has 4 N–H and O–H groups in total. The van der Waals surface area contributed by atoms with Gasteiger partial charge in [-0.2, -0.15) is 0 Å². The average molecular weight is 117 g/mol. The van der Waals surface area contributed by atoms with Crippen LogP contribution in [0.4, 0.5) is 0 Å². The molecule has 0 aromatic heterocycles. The molecular weight excluding hydrogens is 102 g/mol. The Morgan fingerprint density at radius 3 is 2.12 bits per heavy atom. The third kappa shape index (κ3) is 9.09. The molecular formula is C6H15NO. The molecule has 0 aliphatic heterocycles. The molecule has 0 saturated heterocycles. The smallest absolute Gasteiger partial charge is 0.0751 e. The second-order valence-corrected chi connectivity index (χ2v) is 2.01. The summed E-state index contributed by atoms with van der Waals surface area (Å²) in [5, 5.41) is 8.13. The van der Waals surface area contributed by atoms with E-state index in [2.05, 4.69) is 13.8 Å². The fourth-order valence-corrected chi connectivity index (χ4v) is 0.333. The van der Waals surface area contributed by atoms with Crippen LogP contribution in [0.1, 0.15) is 20.3 Å². The number of aliphatic hydroxyl groups excluding tert-OH is 1. The monoisotopic (exact) mass is 117 g/mol. The second kappa shape index (κ2) is 6.50. The van der Waals surface area contributed by atoms with E-state index in [4.69, 9.17) is 5.11 Å². The van der Waals surface area contributed by atoms with E-state index in [0.29, 0.717) is 5.92 Å². The van der Waals surface area contributed by atoms with Gasteiger partial charge in [0.25, 0.3) is 0 Å². The number of rotatable bonds is 2. The van der Waals surface area contributed by atoms with Crippen molar-refractivity contribution < 1.29 is 5.11 Å². The molecule has 0 heterocycles. The van der Waals surface area contributed by atoms with Gasteiger partial charge in [0, 0.05) is 0 Å². The lowest BCUT2D eigenvalue weighted by molar-refractivity contribution is 0.467. The molecule has 0 saturated carbocycles. The summed E-state index contributed by atoms with van der Waals surface area (Å²) in [6.07, 6.45) is 3.82. The Hall–Kier alpha value is -0.500. The van der Waals surface area contributed by atoms with E-state index in [1.807, 2.05) is 0 Å². The van der Waals surface area contributed by atoms with Crippen LogP contribution < -0.4 is 6.15 Å². The molecule has 8 heavy (non-hydrogen) atoms. The van der Waals surface area contributed by atoms with E-state index in [1.54, 1.807) is 6.08 Å². The van der Waals surface area contributed by atoms with Crippen molar-refractivity contribution in [3.8, 4) is 0 Å². The molecule has 2 nitrogen and oxygen atoms in total. The Bertz CT molecular complexity index is 59.5. The van der Waals surface area contributed by atoms with Crippen molar-refractivity contribution >= 4 is 0 Å². The summed E-state index contributed by atoms with van der Waals surface area (Å²) in [5.41, 5.74) is 0. The van der Waals surface area contributed by atoms with Gasteiger partial charge in [-0.3, -0.25) is 0 Å². The van der Waals surface area contributed by atoms with E-state index in [0.717, 1.165) is 12.7 Å². The zero-order valence-electron chi connectivity index (χ0n) is 5.59. The topological polar surface area (TPSA) is 55.2 Å². The molecule has 0 amide bonds. The highest BCUT2D eigenvalue weighted by atomic mass is 16.2. The summed E-state index contributed by atoms with van der Waals surface area (Å²) in [6, 6.07) is 0. The standard InChI is InChI=1S/C6H12O.H3N/c1-6(2)4-3-5-7;/h3,5-7H,4H2,1-2H3;1H3. The van der Waals surface area contributed by atoms with Crippen molar-refractivity contribution in [2.75, 3.05) is 0 Å². The van der Waals surface area contributed by atoms with Crippen LogP contribution in [0.2, 0.25) is 0 Å². The Balaban J connectivity index is 0. The SMILES string of the molecule is CC(C)CC=CO.N. The van der Waals surface area contributed by atoms with Crippen LogP contribution in [-0.4, -0.2) is 5.11 Å². The predicted molar refractivity (Wildman–Crippen MR) is 36.2 cm³/mol. The van der Waals surface area contributed by atoms with Crippen molar-refractivity contribution in [1.29, 1.82) is 0 Å². The van der Waals surface area contributed by atoms with Gasteiger partial charge in [-0.05, 0) is 18.4 Å². The highest BCUT2D eigenvalue weighted by Crippen LogP contribution is 1.97. The van der Waals surface area contributed by atoms with E-state index in [1.165, 1.54) is 0 Å². The van der Waals surface area contributed by atoms with E-state index in [-0.39, 0.29) is 6.15 Å². The first-order valence-electron chi connectivity index (χ1n) is 2.56. The van der Waals surface area contributed by atoms with Crippen molar-refractivity contribution in [3.63, 3.8) is 0 Å². The van der Waals surface area contributed by atoms with Crippen LogP contribution >= 0.6 is 0 Å². The summed E-state index contributed by atoms with van der Waals surface area (Å²) < 4.78 is 0. The molecule has 0 aliphatic carbocycles. The fourth-order valence-electron chi connectivity index (χ4n) is 0.333. The van der Waals surface area contributed by atoms with Crippen molar-refractivity contribution in [2.24, 2.45) is 5.92 Å². The summed E-state index contributed by atoms with van der Waals surface area (Å²) in [4.78, 5) is 0. The van der Waals surface area contributed by atoms with Crippen molar-refractivity contribution in [3.05, 3.63) is 12.3 Å². The molecule has 0 bridgehead atoms. The van der Waals surface area contributed by atoms with Crippen molar-refractivity contribution in [2.45, 2.75) is 20.3 Å². The zero-order chi connectivity index (χ0) is 5.70. The highest BCUT2D eigenvalue weighted by Gasteiger charge is 1.84. The van der Waals surface area contributed by atoms with Gasteiger partial charge in [-0.25, -0.2) is 0 Å². The van der Waals surface area contributed by atoms with Crippen LogP contribution in [0.5, 0.6) is 0 Å². The molecule has 50 valence electrons. The largest absolute Gasteiger partial charge is 0.516 e. The van der Waals surface area contributed by atoms with Gasteiger partial charge in [-0.1, -0.05) is 13.8 Å². The van der Waals surface area contributed by atoms with E-state index < -0.39 is 0 Å². The molecule has 0 spiro atoms. The Morgan fingerprint density at radius 1 is 1.50 bits per heavy atom. The number of hydrogen-bond donors (Lipinski definition) is 2. The molecule has 0 aliphatic rings. The molecule has 0 atom stereocenters. The number of hydrogen-bond acceptors (Lipinski definition) is 2. The van der Waals surface area contributed by atoms with Gasteiger partial charge >= 0.3 is 0 Å². The molecule has 0 unspecified atom stereocenters. The maximum atomic E-state index is 8.13. The van der Waals surface area contributed by atoms with Crippen molar-refractivity contribution in [1.82, 2.24) is 6.15 Å². The maximum Gasteiger partial charge on any atom is 0.0751 e. The van der Waals surface area contributed by atoms with Crippen LogP contribution in [0.25, 0.3) is 0 Å².